The minimum Gasteiger partial charge on any atom is -0.496 e. The summed E-state index contributed by atoms with van der Waals surface area (Å²) in [5, 5.41) is 7.61. The van der Waals surface area contributed by atoms with Gasteiger partial charge in [-0.1, -0.05) is 40.2 Å². The number of thiazole rings is 1. The molecule has 0 fully saturated rings. The van der Waals surface area contributed by atoms with E-state index < -0.39 is 0 Å². The summed E-state index contributed by atoms with van der Waals surface area (Å²) < 4.78 is 6.11. The van der Waals surface area contributed by atoms with Gasteiger partial charge in [-0.3, -0.25) is 9.59 Å². The van der Waals surface area contributed by atoms with Gasteiger partial charge in [0.1, 0.15) is 5.75 Å². The highest BCUT2D eigenvalue weighted by Gasteiger charge is 2.13. The maximum absolute atomic E-state index is 12.2. The van der Waals surface area contributed by atoms with Gasteiger partial charge in [0.25, 0.3) is 5.91 Å². The summed E-state index contributed by atoms with van der Waals surface area (Å²) in [6, 6.07) is 14.6. The first-order valence-electron chi connectivity index (χ1n) is 7.99. The molecule has 0 unspecified atom stereocenters. The van der Waals surface area contributed by atoms with E-state index >= 15 is 0 Å². The molecule has 2 amide bonds. The van der Waals surface area contributed by atoms with E-state index in [9.17, 15) is 9.59 Å². The van der Waals surface area contributed by atoms with Crippen molar-refractivity contribution in [2.24, 2.45) is 0 Å². The molecule has 0 aliphatic heterocycles. The van der Waals surface area contributed by atoms with Gasteiger partial charge in [-0.2, -0.15) is 0 Å². The van der Waals surface area contributed by atoms with Gasteiger partial charge >= 0.3 is 0 Å². The Balaban J connectivity index is 1.58. The van der Waals surface area contributed by atoms with E-state index in [1.165, 1.54) is 18.4 Å². The van der Waals surface area contributed by atoms with Gasteiger partial charge in [-0.15, -0.1) is 11.3 Å². The molecule has 138 valence electrons. The van der Waals surface area contributed by atoms with Gasteiger partial charge in [0.15, 0.2) is 5.13 Å². The van der Waals surface area contributed by atoms with Crippen LogP contribution in [0.4, 0.5) is 5.13 Å². The van der Waals surface area contributed by atoms with Gasteiger partial charge in [-0.25, -0.2) is 4.98 Å². The smallest absolute Gasteiger partial charge is 0.255 e. The Bertz CT molecular complexity index is 974. The fraction of sp³-hybridized carbons (Fsp3) is 0.105. The molecule has 6 nitrogen and oxygen atoms in total. The lowest BCUT2D eigenvalue weighted by molar-refractivity contribution is -0.115. The van der Waals surface area contributed by atoms with Crippen LogP contribution in [0.15, 0.2) is 58.4 Å². The lowest BCUT2D eigenvalue weighted by Gasteiger charge is -2.08. The zero-order valence-electron chi connectivity index (χ0n) is 14.4. The molecule has 0 radical (unpaired) electrons. The molecule has 0 aliphatic rings. The van der Waals surface area contributed by atoms with E-state index in [2.05, 4.69) is 31.5 Å². The molecule has 27 heavy (non-hydrogen) atoms. The van der Waals surface area contributed by atoms with Crippen molar-refractivity contribution >= 4 is 44.2 Å². The van der Waals surface area contributed by atoms with Crippen molar-refractivity contribution in [3.63, 3.8) is 0 Å². The maximum Gasteiger partial charge on any atom is 0.255 e. The van der Waals surface area contributed by atoms with Crippen LogP contribution in [0.2, 0.25) is 0 Å². The van der Waals surface area contributed by atoms with Crippen LogP contribution in [0, 0.1) is 0 Å². The number of carbonyl (C=O) groups excluding carboxylic acids is 2. The number of nitrogens with zero attached hydrogens (tertiary/aromatic N) is 1. The number of amides is 2. The number of anilines is 1. The number of nitrogens with one attached hydrogen (secondary N) is 2. The molecule has 1 aromatic heterocycles. The fourth-order valence-corrected chi connectivity index (χ4v) is 3.50. The summed E-state index contributed by atoms with van der Waals surface area (Å²) in [6.45, 7) is -0.164. The second-order valence-electron chi connectivity index (χ2n) is 5.48. The van der Waals surface area contributed by atoms with Crippen LogP contribution in [0.1, 0.15) is 10.4 Å². The number of methoxy groups -OCH3 is 1. The molecule has 8 heteroatoms. The van der Waals surface area contributed by atoms with Crippen molar-refractivity contribution in [1.82, 2.24) is 10.3 Å². The normalized spacial score (nSPS) is 10.3. The Morgan fingerprint density at radius 3 is 2.78 bits per heavy atom. The number of rotatable bonds is 6. The largest absolute Gasteiger partial charge is 0.496 e. The molecule has 0 atom stereocenters. The zero-order chi connectivity index (χ0) is 19.2. The third-order valence-corrected chi connectivity index (χ3v) is 4.88. The van der Waals surface area contributed by atoms with E-state index in [-0.39, 0.29) is 18.4 Å². The van der Waals surface area contributed by atoms with E-state index in [0.717, 1.165) is 15.7 Å². The first-order chi connectivity index (χ1) is 13.1. The van der Waals surface area contributed by atoms with Crippen LogP contribution in [-0.2, 0) is 4.79 Å². The van der Waals surface area contributed by atoms with Crippen LogP contribution in [0.5, 0.6) is 5.75 Å². The minimum atomic E-state index is -0.378. The van der Waals surface area contributed by atoms with Crippen LogP contribution in [0.3, 0.4) is 0 Å². The SMILES string of the molecule is COc1ccccc1C(=O)NCC(=O)Nc1nc(-c2cccc(Br)c2)cs1. The number of hydrogen-bond donors (Lipinski definition) is 2. The highest BCUT2D eigenvalue weighted by atomic mass is 79.9. The van der Waals surface area contributed by atoms with Crippen LogP contribution in [0.25, 0.3) is 11.3 Å². The first kappa shape index (κ1) is 19.1. The summed E-state index contributed by atoms with van der Waals surface area (Å²) in [5.41, 5.74) is 2.10. The van der Waals surface area contributed by atoms with Crippen molar-refractivity contribution in [2.75, 3.05) is 19.0 Å². The predicted octanol–water partition coefficient (Wildman–Crippen LogP) is 3.95. The number of benzene rings is 2. The number of ether oxygens (including phenoxy) is 1. The molecule has 0 bridgehead atoms. The Hall–Kier alpha value is -2.71. The number of hydrogen-bond acceptors (Lipinski definition) is 5. The Morgan fingerprint density at radius 2 is 2.00 bits per heavy atom. The van der Waals surface area contributed by atoms with Gasteiger partial charge < -0.3 is 15.4 Å². The summed E-state index contributed by atoms with van der Waals surface area (Å²) in [7, 11) is 1.49. The van der Waals surface area contributed by atoms with Gasteiger partial charge in [0, 0.05) is 15.4 Å². The van der Waals surface area contributed by atoms with Crippen molar-refractivity contribution in [2.45, 2.75) is 0 Å². The van der Waals surface area contributed by atoms with Crippen LogP contribution >= 0.6 is 27.3 Å². The summed E-state index contributed by atoms with van der Waals surface area (Å²) >= 11 is 4.75. The first-order valence-corrected chi connectivity index (χ1v) is 9.66. The maximum atomic E-state index is 12.2. The number of para-hydroxylation sites is 1. The van der Waals surface area contributed by atoms with Gasteiger partial charge in [0.2, 0.25) is 5.91 Å². The van der Waals surface area contributed by atoms with Crippen molar-refractivity contribution in [3.05, 3.63) is 63.9 Å². The average molecular weight is 446 g/mol. The molecule has 0 aliphatic carbocycles. The lowest BCUT2D eigenvalue weighted by Crippen LogP contribution is -2.33. The second kappa shape index (κ2) is 8.79. The molecule has 0 saturated carbocycles. The average Bonchev–Trinajstić information content (AvgIpc) is 3.14. The molecular weight excluding hydrogens is 430 g/mol. The van der Waals surface area contributed by atoms with E-state index in [0.29, 0.717) is 16.4 Å². The van der Waals surface area contributed by atoms with Crippen LogP contribution in [-0.4, -0.2) is 30.5 Å². The van der Waals surface area contributed by atoms with E-state index in [1.807, 2.05) is 29.6 Å². The number of carbonyl (C=O) groups is 2. The number of halogens is 1. The molecule has 3 aromatic rings. The van der Waals surface area contributed by atoms with Crippen LogP contribution < -0.4 is 15.4 Å². The van der Waals surface area contributed by atoms with Gasteiger partial charge in [0.05, 0.1) is 24.9 Å². The molecule has 0 spiro atoms. The molecular formula is C19H16BrN3O3S. The Kier molecular flexibility index (Phi) is 6.20. The predicted molar refractivity (Wildman–Crippen MR) is 109 cm³/mol. The summed E-state index contributed by atoms with van der Waals surface area (Å²) in [6.07, 6.45) is 0. The Labute approximate surface area is 168 Å². The molecule has 2 N–H and O–H groups in total. The highest BCUT2D eigenvalue weighted by Crippen LogP contribution is 2.26. The van der Waals surface area contributed by atoms with Crippen molar-refractivity contribution < 1.29 is 14.3 Å². The van der Waals surface area contributed by atoms with E-state index in [4.69, 9.17) is 4.74 Å². The van der Waals surface area contributed by atoms with Gasteiger partial charge in [-0.05, 0) is 24.3 Å². The number of aromatic nitrogens is 1. The third kappa shape index (κ3) is 4.93. The quantitative estimate of drug-likeness (QED) is 0.601. The Morgan fingerprint density at radius 1 is 1.19 bits per heavy atom. The fourth-order valence-electron chi connectivity index (χ4n) is 2.36. The second-order valence-corrected chi connectivity index (χ2v) is 7.25. The zero-order valence-corrected chi connectivity index (χ0v) is 16.8. The monoisotopic (exact) mass is 445 g/mol. The summed E-state index contributed by atoms with van der Waals surface area (Å²) in [5.74, 6) is -0.279. The molecule has 3 rings (SSSR count). The topological polar surface area (TPSA) is 80.3 Å². The molecule has 1 heterocycles. The minimum absolute atomic E-state index is 0.164. The molecule has 2 aromatic carbocycles. The lowest BCUT2D eigenvalue weighted by atomic mass is 10.2. The van der Waals surface area contributed by atoms with E-state index in [1.54, 1.807) is 24.3 Å². The standard InChI is InChI=1S/C19H16BrN3O3S/c1-26-16-8-3-2-7-14(16)18(25)21-10-17(24)23-19-22-15(11-27-19)12-5-4-6-13(20)9-12/h2-9,11H,10H2,1H3,(H,21,25)(H,22,23,24). The third-order valence-electron chi connectivity index (χ3n) is 3.63. The molecule has 0 saturated heterocycles. The summed E-state index contributed by atoms with van der Waals surface area (Å²) in [4.78, 5) is 28.7. The highest BCUT2D eigenvalue weighted by molar-refractivity contribution is 9.10. The van der Waals surface area contributed by atoms with Crippen molar-refractivity contribution in [1.29, 1.82) is 0 Å². The van der Waals surface area contributed by atoms with Crippen molar-refractivity contribution in [3.8, 4) is 17.0 Å².